The Labute approximate surface area is 99.4 Å². The third kappa shape index (κ3) is 4.74. The van der Waals surface area contributed by atoms with Crippen molar-refractivity contribution in [3.05, 3.63) is 24.3 Å². The van der Waals surface area contributed by atoms with E-state index in [1.54, 1.807) is 24.3 Å². The number of rotatable bonds is 6. The average molecular weight is 241 g/mol. The Balaban J connectivity index is 2.32. The number of hydrogen-bond acceptors (Lipinski definition) is 3. The molecule has 0 aromatic heterocycles. The number of anilines is 1. The molecule has 1 rings (SSSR count). The van der Waals surface area contributed by atoms with Gasteiger partial charge in [0.05, 0.1) is 4.90 Å². The van der Waals surface area contributed by atoms with E-state index in [0.717, 1.165) is 24.4 Å². The second-order valence-corrected chi connectivity index (χ2v) is 5.19. The van der Waals surface area contributed by atoms with Crippen LogP contribution in [0.4, 0.5) is 5.69 Å². The largest absolute Gasteiger partial charge is 0.399 e. The summed E-state index contributed by atoms with van der Waals surface area (Å²) in [5.41, 5.74) is 6.25. The topological polar surface area (TPSA) is 58.4 Å². The number of nitrogens with one attached hydrogen (secondary N) is 1. The summed E-state index contributed by atoms with van der Waals surface area (Å²) in [5.74, 6) is 0. The zero-order valence-electron chi connectivity index (χ0n) is 9.77. The maximum atomic E-state index is 11.7. The molecule has 1 aromatic carbocycles. The highest BCUT2D eigenvalue weighted by atomic mass is 32.2. The Morgan fingerprint density at radius 3 is 2.50 bits per heavy atom. The third-order valence-corrected chi connectivity index (χ3v) is 3.28. The highest BCUT2D eigenvalue weighted by Gasteiger charge is 2.02. The molecular weight excluding hydrogens is 222 g/mol. The molecule has 0 aliphatic heterocycles. The van der Waals surface area contributed by atoms with E-state index in [9.17, 15) is 4.21 Å². The number of hydrogen-bond donors (Lipinski definition) is 2. The first-order valence-electron chi connectivity index (χ1n) is 5.25. The van der Waals surface area contributed by atoms with E-state index in [4.69, 9.17) is 5.73 Å². The predicted octanol–water partition coefficient (Wildman–Crippen LogP) is 0.833. The zero-order valence-corrected chi connectivity index (χ0v) is 10.6. The maximum Gasteiger partial charge on any atom is 0.124 e. The minimum Gasteiger partial charge on any atom is -0.399 e. The minimum absolute atomic E-state index is 0.688. The lowest BCUT2D eigenvalue weighted by Crippen LogP contribution is -2.23. The lowest BCUT2D eigenvalue weighted by atomic mass is 10.3. The summed E-state index contributed by atoms with van der Waals surface area (Å²) in [6.07, 6.45) is 0.980. The van der Waals surface area contributed by atoms with Crippen LogP contribution in [0.15, 0.2) is 29.2 Å². The molecule has 0 aliphatic rings. The van der Waals surface area contributed by atoms with E-state index in [0.29, 0.717) is 5.69 Å². The zero-order chi connectivity index (χ0) is 12.0. The van der Waals surface area contributed by atoms with Crippen molar-refractivity contribution in [1.29, 1.82) is 0 Å². The van der Waals surface area contributed by atoms with Crippen LogP contribution < -0.4 is 10.5 Å². The third-order valence-electron chi connectivity index (χ3n) is 2.11. The van der Waals surface area contributed by atoms with Gasteiger partial charge in [0.2, 0.25) is 0 Å². The Morgan fingerprint density at radius 2 is 1.94 bits per heavy atom. The summed E-state index contributed by atoms with van der Waals surface area (Å²) in [7, 11) is 2.92. The van der Waals surface area contributed by atoms with E-state index < -0.39 is 11.0 Å². The predicted molar refractivity (Wildman–Crippen MR) is 68.4 cm³/mol. The number of benzene rings is 1. The van der Waals surface area contributed by atoms with Crippen LogP contribution in [0.2, 0.25) is 0 Å². The summed E-state index contributed by atoms with van der Waals surface area (Å²) in [5, 5.41) is 0. The van der Waals surface area contributed by atoms with Crippen molar-refractivity contribution in [2.75, 3.05) is 32.9 Å². The molecular formula is C11H19N3OS. The fourth-order valence-corrected chi connectivity index (χ4v) is 2.11. The van der Waals surface area contributed by atoms with Crippen LogP contribution in [0.5, 0.6) is 0 Å². The van der Waals surface area contributed by atoms with E-state index in [2.05, 4.69) is 9.62 Å². The van der Waals surface area contributed by atoms with E-state index in [1.165, 1.54) is 0 Å². The monoisotopic (exact) mass is 241 g/mol. The first kappa shape index (κ1) is 13.2. The molecule has 1 atom stereocenters. The molecule has 0 radical (unpaired) electrons. The Kier molecular flexibility index (Phi) is 5.45. The molecule has 16 heavy (non-hydrogen) atoms. The van der Waals surface area contributed by atoms with Gasteiger partial charge >= 0.3 is 0 Å². The van der Waals surface area contributed by atoms with E-state index in [1.807, 2.05) is 14.1 Å². The minimum atomic E-state index is -1.13. The van der Waals surface area contributed by atoms with E-state index >= 15 is 0 Å². The quantitative estimate of drug-likeness (QED) is 0.573. The van der Waals surface area contributed by atoms with Crippen LogP contribution >= 0.6 is 0 Å². The highest BCUT2D eigenvalue weighted by molar-refractivity contribution is 7.83. The number of nitrogen functional groups attached to an aromatic ring is 1. The van der Waals surface area contributed by atoms with Crippen LogP contribution in [0.1, 0.15) is 6.42 Å². The summed E-state index contributed by atoms with van der Waals surface area (Å²) in [4.78, 5) is 2.87. The van der Waals surface area contributed by atoms with Crippen molar-refractivity contribution in [2.24, 2.45) is 0 Å². The van der Waals surface area contributed by atoms with Crippen LogP contribution in [-0.2, 0) is 11.0 Å². The number of nitrogens with zero attached hydrogens (tertiary/aromatic N) is 1. The highest BCUT2D eigenvalue weighted by Crippen LogP contribution is 2.08. The Hall–Kier alpha value is -0.910. The molecule has 0 fully saturated rings. The smallest absolute Gasteiger partial charge is 0.124 e. The van der Waals surface area contributed by atoms with Crippen molar-refractivity contribution in [1.82, 2.24) is 9.62 Å². The van der Waals surface area contributed by atoms with Gasteiger partial charge in [-0.1, -0.05) is 0 Å². The van der Waals surface area contributed by atoms with Gasteiger partial charge in [0, 0.05) is 12.2 Å². The van der Waals surface area contributed by atoms with Crippen LogP contribution in [0.3, 0.4) is 0 Å². The molecule has 0 heterocycles. The van der Waals surface area contributed by atoms with Crippen molar-refractivity contribution < 1.29 is 4.21 Å². The lowest BCUT2D eigenvalue weighted by molar-refractivity contribution is 0.400. The molecule has 0 aliphatic carbocycles. The molecule has 0 bridgehead atoms. The van der Waals surface area contributed by atoms with Gasteiger partial charge in [0.25, 0.3) is 0 Å². The van der Waals surface area contributed by atoms with Crippen LogP contribution in [0.25, 0.3) is 0 Å². The fourth-order valence-electron chi connectivity index (χ4n) is 1.23. The van der Waals surface area contributed by atoms with Gasteiger partial charge in [-0.3, -0.25) is 0 Å². The van der Waals surface area contributed by atoms with Crippen molar-refractivity contribution in [2.45, 2.75) is 11.3 Å². The van der Waals surface area contributed by atoms with Gasteiger partial charge in [-0.15, -0.1) is 0 Å². The van der Waals surface area contributed by atoms with Gasteiger partial charge in [0.1, 0.15) is 11.0 Å². The SMILES string of the molecule is CN(C)CCCNS(=O)c1ccc(N)cc1. The van der Waals surface area contributed by atoms with Crippen LogP contribution in [-0.4, -0.2) is 36.3 Å². The summed E-state index contributed by atoms with van der Waals surface area (Å²) >= 11 is 0. The first-order valence-corrected chi connectivity index (χ1v) is 6.40. The first-order chi connectivity index (χ1) is 7.59. The second kappa shape index (κ2) is 6.62. The fraction of sp³-hybridized carbons (Fsp3) is 0.455. The molecule has 0 saturated carbocycles. The van der Waals surface area contributed by atoms with Crippen molar-refractivity contribution in [3.8, 4) is 0 Å². The molecule has 1 unspecified atom stereocenters. The van der Waals surface area contributed by atoms with Crippen LogP contribution in [0, 0.1) is 0 Å². The summed E-state index contributed by atoms with van der Waals surface area (Å²) in [6, 6.07) is 7.08. The molecule has 0 spiro atoms. The molecule has 90 valence electrons. The van der Waals surface area contributed by atoms with Gasteiger partial charge in [-0.25, -0.2) is 8.93 Å². The van der Waals surface area contributed by atoms with Gasteiger partial charge in [-0.05, 0) is 51.3 Å². The summed E-state index contributed by atoms with van der Waals surface area (Å²) < 4.78 is 14.7. The second-order valence-electron chi connectivity index (χ2n) is 3.89. The molecule has 0 saturated heterocycles. The Bertz CT molecular complexity index is 338. The van der Waals surface area contributed by atoms with Crippen molar-refractivity contribution in [3.63, 3.8) is 0 Å². The van der Waals surface area contributed by atoms with Gasteiger partial charge in [-0.2, -0.15) is 0 Å². The maximum absolute atomic E-state index is 11.7. The molecule has 3 N–H and O–H groups in total. The molecule has 1 aromatic rings. The normalized spacial score (nSPS) is 12.9. The van der Waals surface area contributed by atoms with Crippen molar-refractivity contribution >= 4 is 16.7 Å². The van der Waals surface area contributed by atoms with Gasteiger partial charge < -0.3 is 10.6 Å². The number of nitrogens with two attached hydrogens (primary N) is 1. The summed E-state index contributed by atoms with van der Waals surface area (Å²) in [6.45, 7) is 1.74. The molecule has 0 amide bonds. The van der Waals surface area contributed by atoms with E-state index in [-0.39, 0.29) is 0 Å². The standard InChI is InChI=1S/C11H19N3OS/c1-14(2)9-3-8-13-16(15)11-6-4-10(12)5-7-11/h4-7,13H,3,8-9,12H2,1-2H3. The van der Waals surface area contributed by atoms with Gasteiger partial charge in [0.15, 0.2) is 0 Å². The molecule has 5 heteroatoms. The molecule has 4 nitrogen and oxygen atoms in total. The average Bonchev–Trinajstić information content (AvgIpc) is 2.25. The Morgan fingerprint density at radius 1 is 1.31 bits per heavy atom. The lowest BCUT2D eigenvalue weighted by Gasteiger charge is -2.09.